The van der Waals surface area contributed by atoms with Crippen LogP contribution in [0.5, 0.6) is 0 Å². The molecule has 1 heterocycles. The Morgan fingerprint density at radius 3 is 2.20 bits per heavy atom. The van der Waals surface area contributed by atoms with Gasteiger partial charge in [0.2, 0.25) is 15.9 Å². The van der Waals surface area contributed by atoms with Gasteiger partial charge < -0.3 is 9.80 Å². The average molecular weight is 430 g/mol. The van der Waals surface area contributed by atoms with Crippen LogP contribution >= 0.6 is 0 Å². The molecule has 7 heteroatoms. The van der Waals surface area contributed by atoms with Gasteiger partial charge in [-0.25, -0.2) is 8.42 Å². The first-order valence-corrected chi connectivity index (χ1v) is 12.2. The number of anilines is 2. The zero-order chi connectivity index (χ0) is 21.9. The van der Waals surface area contributed by atoms with Crippen molar-refractivity contribution in [1.82, 2.24) is 4.90 Å². The van der Waals surface area contributed by atoms with Crippen LogP contribution in [0.1, 0.15) is 24.5 Å². The highest BCUT2D eigenvalue weighted by atomic mass is 32.2. The normalized spacial score (nSPS) is 15.7. The number of sulfonamides is 1. The highest BCUT2D eigenvalue weighted by molar-refractivity contribution is 7.92. The molecule has 2 aromatic rings. The first kappa shape index (κ1) is 22.2. The van der Waals surface area contributed by atoms with Crippen LogP contribution in [0.25, 0.3) is 0 Å². The first-order valence-electron chi connectivity index (χ1n) is 10.4. The summed E-state index contributed by atoms with van der Waals surface area (Å²) in [4.78, 5) is 17.5. The topological polar surface area (TPSA) is 60.9 Å². The summed E-state index contributed by atoms with van der Waals surface area (Å²) in [5, 5.41) is 0. The van der Waals surface area contributed by atoms with Gasteiger partial charge in [0, 0.05) is 31.9 Å². The van der Waals surface area contributed by atoms with Crippen molar-refractivity contribution in [3.05, 3.63) is 59.7 Å². The molecule has 3 rings (SSSR count). The molecule has 0 bridgehead atoms. The molecule has 1 fully saturated rings. The van der Waals surface area contributed by atoms with Crippen molar-refractivity contribution >= 4 is 27.3 Å². The largest absolute Gasteiger partial charge is 0.368 e. The SMILES string of the molecule is CC[C@@H](C(=O)N1CCN(c2cccc(C)c2C)CC1)N(c1ccccc1)S(C)(=O)=O. The molecular weight excluding hydrogens is 398 g/mol. The van der Waals surface area contributed by atoms with E-state index in [2.05, 4.69) is 36.9 Å². The predicted molar refractivity (Wildman–Crippen MR) is 123 cm³/mol. The number of amides is 1. The van der Waals surface area contributed by atoms with E-state index in [0.717, 1.165) is 19.3 Å². The highest BCUT2D eigenvalue weighted by Gasteiger charge is 2.35. The maximum atomic E-state index is 13.4. The van der Waals surface area contributed by atoms with E-state index in [1.165, 1.54) is 21.1 Å². The van der Waals surface area contributed by atoms with Crippen LogP contribution in [0, 0.1) is 13.8 Å². The summed E-state index contributed by atoms with van der Waals surface area (Å²) in [5.74, 6) is -0.132. The fourth-order valence-corrected chi connectivity index (χ4v) is 5.28. The van der Waals surface area contributed by atoms with Gasteiger partial charge in [-0.15, -0.1) is 0 Å². The third-order valence-corrected chi connectivity index (χ3v) is 7.01. The van der Waals surface area contributed by atoms with Crippen LogP contribution in [0.3, 0.4) is 0 Å². The summed E-state index contributed by atoms with van der Waals surface area (Å²) in [6.45, 7) is 8.71. The summed E-state index contributed by atoms with van der Waals surface area (Å²) in [6, 6.07) is 14.4. The number of para-hydroxylation sites is 1. The maximum Gasteiger partial charge on any atom is 0.246 e. The number of nitrogens with zero attached hydrogens (tertiary/aromatic N) is 3. The van der Waals surface area contributed by atoms with E-state index in [0.29, 0.717) is 25.2 Å². The average Bonchev–Trinajstić information content (AvgIpc) is 2.73. The van der Waals surface area contributed by atoms with E-state index >= 15 is 0 Å². The van der Waals surface area contributed by atoms with Crippen LogP contribution in [0.4, 0.5) is 11.4 Å². The van der Waals surface area contributed by atoms with E-state index in [1.54, 1.807) is 29.2 Å². The minimum absolute atomic E-state index is 0.132. The summed E-state index contributed by atoms with van der Waals surface area (Å²) in [6.07, 6.45) is 1.58. The maximum absolute atomic E-state index is 13.4. The summed E-state index contributed by atoms with van der Waals surface area (Å²) in [5.41, 5.74) is 4.24. The molecule has 1 aliphatic heterocycles. The van der Waals surface area contributed by atoms with E-state index in [4.69, 9.17) is 0 Å². The van der Waals surface area contributed by atoms with Gasteiger partial charge in [-0.2, -0.15) is 0 Å². The summed E-state index contributed by atoms with van der Waals surface area (Å²) in [7, 11) is -3.60. The zero-order valence-corrected chi connectivity index (χ0v) is 19.0. The van der Waals surface area contributed by atoms with Crippen LogP contribution in [0.2, 0.25) is 0 Å². The Bertz CT molecular complexity index is 984. The van der Waals surface area contributed by atoms with Crippen molar-refractivity contribution in [3.63, 3.8) is 0 Å². The lowest BCUT2D eigenvalue weighted by Crippen LogP contribution is -2.56. The van der Waals surface area contributed by atoms with E-state index in [9.17, 15) is 13.2 Å². The lowest BCUT2D eigenvalue weighted by atomic mass is 10.1. The quantitative estimate of drug-likeness (QED) is 0.708. The molecule has 0 saturated carbocycles. The lowest BCUT2D eigenvalue weighted by Gasteiger charge is -2.40. The second-order valence-electron chi connectivity index (χ2n) is 7.85. The molecule has 0 N–H and O–H groups in total. The third-order valence-electron chi connectivity index (χ3n) is 5.83. The van der Waals surface area contributed by atoms with Gasteiger partial charge in [0.1, 0.15) is 6.04 Å². The second kappa shape index (κ2) is 9.08. The molecular formula is C23H31N3O3S. The van der Waals surface area contributed by atoms with E-state index < -0.39 is 16.1 Å². The molecule has 1 aliphatic rings. The van der Waals surface area contributed by atoms with Crippen molar-refractivity contribution in [2.75, 3.05) is 41.6 Å². The van der Waals surface area contributed by atoms with Crippen LogP contribution < -0.4 is 9.21 Å². The predicted octanol–water partition coefficient (Wildman–Crippen LogP) is 3.20. The van der Waals surface area contributed by atoms with Gasteiger partial charge in [-0.05, 0) is 49.6 Å². The molecule has 0 radical (unpaired) electrons. The van der Waals surface area contributed by atoms with Crippen molar-refractivity contribution in [2.24, 2.45) is 0 Å². The van der Waals surface area contributed by atoms with Gasteiger partial charge in [-0.3, -0.25) is 9.10 Å². The van der Waals surface area contributed by atoms with Gasteiger partial charge in [0.25, 0.3) is 0 Å². The standard InChI is InChI=1S/C23H31N3O3S/c1-5-21(26(30(4,28)29)20-11-7-6-8-12-20)23(27)25-16-14-24(15-17-25)22-13-9-10-18(2)19(22)3/h6-13,21H,5,14-17H2,1-4H3/t21-/m0/s1. The molecule has 6 nitrogen and oxygen atoms in total. The molecule has 1 saturated heterocycles. The molecule has 2 aromatic carbocycles. The molecule has 1 atom stereocenters. The van der Waals surface area contributed by atoms with Crippen molar-refractivity contribution in [1.29, 1.82) is 0 Å². The Balaban J connectivity index is 1.77. The van der Waals surface area contributed by atoms with Gasteiger partial charge >= 0.3 is 0 Å². The van der Waals surface area contributed by atoms with E-state index in [1.807, 2.05) is 13.0 Å². The van der Waals surface area contributed by atoms with Crippen LogP contribution in [0.15, 0.2) is 48.5 Å². The van der Waals surface area contributed by atoms with Gasteiger partial charge in [0.05, 0.1) is 11.9 Å². The molecule has 0 aliphatic carbocycles. The number of hydrogen-bond donors (Lipinski definition) is 0. The molecule has 0 unspecified atom stereocenters. The fraction of sp³-hybridized carbons (Fsp3) is 0.435. The number of aryl methyl sites for hydroxylation is 1. The first-order chi connectivity index (χ1) is 14.2. The molecule has 30 heavy (non-hydrogen) atoms. The Morgan fingerprint density at radius 2 is 1.63 bits per heavy atom. The minimum Gasteiger partial charge on any atom is -0.368 e. The summed E-state index contributed by atoms with van der Waals surface area (Å²) >= 11 is 0. The smallest absolute Gasteiger partial charge is 0.246 e. The summed E-state index contributed by atoms with van der Waals surface area (Å²) < 4.78 is 26.4. The Hall–Kier alpha value is -2.54. The Labute approximate surface area is 180 Å². The van der Waals surface area contributed by atoms with Crippen molar-refractivity contribution < 1.29 is 13.2 Å². The monoisotopic (exact) mass is 429 g/mol. The minimum atomic E-state index is -3.60. The van der Waals surface area contributed by atoms with Crippen molar-refractivity contribution in [2.45, 2.75) is 33.2 Å². The third kappa shape index (κ3) is 4.61. The molecule has 162 valence electrons. The fourth-order valence-electron chi connectivity index (χ4n) is 4.07. The Morgan fingerprint density at radius 1 is 1.00 bits per heavy atom. The van der Waals surface area contributed by atoms with E-state index in [-0.39, 0.29) is 5.91 Å². The second-order valence-corrected chi connectivity index (χ2v) is 9.71. The number of rotatable bonds is 6. The number of piperazine rings is 1. The van der Waals surface area contributed by atoms with Crippen molar-refractivity contribution in [3.8, 4) is 0 Å². The van der Waals surface area contributed by atoms with Gasteiger partial charge in [-0.1, -0.05) is 37.3 Å². The molecule has 1 amide bonds. The van der Waals surface area contributed by atoms with Gasteiger partial charge in [0.15, 0.2) is 0 Å². The van der Waals surface area contributed by atoms with Crippen LogP contribution in [-0.2, 0) is 14.8 Å². The molecule has 0 spiro atoms. The molecule has 0 aromatic heterocycles. The number of benzene rings is 2. The number of hydrogen-bond acceptors (Lipinski definition) is 4. The highest BCUT2D eigenvalue weighted by Crippen LogP contribution is 2.26. The number of carbonyl (C=O) groups excluding carboxylic acids is 1. The number of carbonyl (C=O) groups is 1. The lowest BCUT2D eigenvalue weighted by molar-refractivity contribution is -0.132. The Kier molecular flexibility index (Phi) is 6.71. The zero-order valence-electron chi connectivity index (χ0n) is 18.2. The van der Waals surface area contributed by atoms with Crippen LogP contribution in [-0.4, -0.2) is 57.7 Å².